The van der Waals surface area contributed by atoms with Crippen LogP contribution < -0.4 is 9.47 Å². The van der Waals surface area contributed by atoms with Crippen LogP contribution in [0.15, 0.2) is 18.2 Å². The number of hydrogen-bond acceptors (Lipinski definition) is 4. The largest absolute Gasteiger partial charge is 0.493 e. The first kappa shape index (κ1) is 10.8. The van der Waals surface area contributed by atoms with Gasteiger partial charge in [-0.25, -0.2) is 4.79 Å². The van der Waals surface area contributed by atoms with Crippen LogP contribution >= 0.6 is 0 Å². The van der Waals surface area contributed by atoms with Crippen molar-refractivity contribution in [1.29, 1.82) is 0 Å². The molecule has 0 radical (unpaired) electrons. The molecule has 2 rings (SSSR count). The summed E-state index contributed by atoms with van der Waals surface area (Å²) in [6, 6.07) is 5.30. The molecule has 0 bridgehead atoms. The molecule has 0 aromatic heterocycles. The molecular weight excluding hydrogens is 212 g/mol. The Kier molecular flexibility index (Phi) is 2.70. The van der Waals surface area contributed by atoms with Crippen molar-refractivity contribution in [3.05, 3.63) is 23.8 Å². The van der Waals surface area contributed by atoms with Crippen molar-refractivity contribution in [2.75, 3.05) is 14.2 Å². The van der Waals surface area contributed by atoms with Gasteiger partial charge in [0.05, 0.1) is 14.2 Å². The van der Waals surface area contributed by atoms with E-state index in [0.29, 0.717) is 17.1 Å². The maximum atomic E-state index is 10.7. The highest BCUT2D eigenvalue weighted by atomic mass is 16.6. The fourth-order valence-electron chi connectivity index (χ4n) is 1.67. The molecule has 0 aliphatic carbocycles. The first-order valence-corrected chi connectivity index (χ1v) is 4.78. The van der Waals surface area contributed by atoms with Crippen LogP contribution in [0.3, 0.4) is 0 Å². The quantitative estimate of drug-likeness (QED) is 0.779. The third kappa shape index (κ3) is 1.69. The lowest BCUT2D eigenvalue weighted by Gasteiger charge is -2.10. The van der Waals surface area contributed by atoms with E-state index >= 15 is 0 Å². The van der Waals surface area contributed by atoms with Crippen molar-refractivity contribution in [3.63, 3.8) is 0 Å². The number of carboxylic acids is 1. The number of methoxy groups -OCH3 is 2. The Bertz CT molecular complexity index is 415. The summed E-state index contributed by atoms with van der Waals surface area (Å²) in [5, 5.41) is 8.78. The van der Waals surface area contributed by atoms with Crippen molar-refractivity contribution in [2.45, 2.75) is 12.2 Å². The van der Waals surface area contributed by atoms with Gasteiger partial charge in [-0.05, 0) is 6.07 Å². The number of hydrogen-bond donors (Lipinski definition) is 1. The highest BCUT2D eigenvalue weighted by molar-refractivity contribution is 5.76. The number of carbonyl (C=O) groups is 1. The predicted molar refractivity (Wildman–Crippen MR) is 54.8 cm³/mol. The lowest BCUT2D eigenvalue weighted by Crippen LogP contribution is -2.05. The third-order valence-electron chi connectivity index (χ3n) is 2.47. The van der Waals surface area contributed by atoms with Crippen LogP contribution in [-0.4, -0.2) is 31.4 Å². The molecule has 1 aromatic carbocycles. The normalized spacial score (nSPS) is 22.6. The number of para-hydroxylation sites is 1. The monoisotopic (exact) mass is 224 g/mol. The fraction of sp³-hybridized carbons (Fsp3) is 0.364. The van der Waals surface area contributed by atoms with Crippen molar-refractivity contribution in [2.24, 2.45) is 0 Å². The maximum absolute atomic E-state index is 10.7. The predicted octanol–water partition coefficient (Wildman–Crippen LogP) is 1.23. The summed E-state index contributed by atoms with van der Waals surface area (Å²) in [6.07, 6.45) is -1.22. The molecule has 1 aromatic rings. The molecule has 5 heteroatoms. The molecule has 2 unspecified atom stereocenters. The molecule has 1 fully saturated rings. The van der Waals surface area contributed by atoms with Gasteiger partial charge in [0, 0.05) is 5.56 Å². The van der Waals surface area contributed by atoms with Gasteiger partial charge < -0.3 is 19.3 Å². The summed E-state index contributed by atoms with van der Waals surface area (Å²) < 4.78 is 15.4. The highest BCUT2D eigenvalue weighted by Gasteiger charge is 2.48. The summed E-state index contributed by atoms with van der Waals surface area (Å²) in [6.45, 7) is 0. The molecule has 1 saturated heterocycles. The summed E-state index contributed by atoms with van der Waals surface area (Å²) in [5.41, 5.74) is 0.703. The second kappa shape index (κ2) is 4.02. The molecule has 0 saturated carbocycles. The average molecular weight is 224 g/mol. The highest BCUT2D eigenvalue weighted by Crippen LogP contribution is 2.46. The van der Waals surface area contributed by atoms with E-state index in [0.717, 1.165) is 0 Å². The van der Waals surface area contributed by atoms with Crippen LogP contribution in [0.4, 0.5) is 0 Å². The summed E-state index contributed by atoms with van der Waals surface area (Å²) >= 11 is 0. The van der Waals surface area contributed by atoms with E-state index in [9.17, 15) is 4.79 Å². The van der Waals surface area contributed by atoms with E-state index in [2.05, 4.69) is 0 Å². The molecule has 1 aliphatic rings. The second-order valence-electron chi connectivity index (χ2n) is 3.40. The van der Waals surface area contributed by atoms with Gasteiger partial charge in [-0.1, -0.05) is 12.1 Å². The van der Waals surface area contributed by atoms with Crippen LogP contribution in [0.1, 0.15) is 11.7 Å². The van der Waals surface area contributed by atoms with Gasteiger partial charge in [-0.15, -0.1) is 0 Å². The zero-order valence-corrected chi connectivity index (χ0v) is 8.97. The van der Waals surface area contributed by atoms with Crippen molar-refractivity contribution in [1.82, 2.24) is 0 Å². The Morgan fingerprint density at radius 3 is 2.62 bits per heavy atom. The minimum absolute atomic E-state index is 0.442. The molecule has 86 valence electrons. The van der Waals surface area contributed by atoms with Crippen molar-refractivity contribution in [3.8, 4) is 11.5 Å². The van der Waals surface area contributed by atoms with E-state index in [1.54, 1.807) is 18.2 Å². The third-order valence-corrected chi connectivity index (χ3v) is 2.47. The minimum Gasteiger partial charge on any atom is -0.493 e. The van der Waals surface area contributed by atoms with Crippen molar-refractivity contribution >= 4 is 5.97 Å². The Morgan fingerprint density at radius 1 is 1.38 bits per heavy atom. The SMILES string of the molecule is COc1cccc(C2OC2C(=O)O)c1OC. The molecule has 16 heavy (non-hydrogen) atoms. The van der Waals surface area contributed by atoms with E-state index in [1.165, 1.54) is 14.2 Å². The minimum atomic E-state index is -0.963. The van der Waals surface area contributed by atoms with Gasteiger partial charge in [0.2, 0.25) is 0 Å². The molecule has 1 heterocycles. The van der Waals surface area contributed by atoms with Crippen LogP contribution in [0.5, 0.6) is 11.5 Å². The van der Waals surface area contributed by atoms with Gasteiger partial charge in [0.15, 0.2) is 17.6 Å². The first-order chi connectivity index (χ1) is 7.69. The van der Waals surface area contributed by atoms with E-state index in [4.69, 9.17) is 19.3 Å². The lowest BCUT2D eigenvalue weighted by molar-refractivity contribution is -0.138. The summed E-state index contributed by atoms with van der Waals surface area (Å²) in [7, 11) is 3.05. The van der Waals surface area contributed by atoms with E-state index in [-0.39, 0.29) is 0 Å². The smallest absolute Gasteiger partial charge is 0.335 e. The number of carboxylic acid groups (broad SMARTS) is 1. The van der Waals surface area contributed by atoms with Gasteiger partial charge in [-0.3, -0.25) is 0 Å². The standard InChI is InChI=1S/C11H12O5/c1-14-7-5-3-4-6(8(7)15-2)9-10(16-9)11(12)13/h3-5,9-10H,1-2H3,(H,12,13). The molecule has 1 aliphatic heterocycles. The van der Waals surface area contributed by atoms with Gasteiger partial charge >= 0.3 is 5.97 Å². The molecule has 0 spiro atoms. The van der Waals surface area contributed by atoms with E-state index < -0.39 is 18.2 Å². The number of benzene rings is 1. The zero-order chi connectivity index (χ0) is 11.7. The first-order valence-electron chi connectivity index (χ1n) is 4.78. The number of rotatable bonds is 4. The molecule has 5 nitrogen and oxygen atoms in total. The lowest BCUT2D eigenvalue weighted by atomic mass is 10.1. The number of aliphatic carboxylic acids is 1. The van der Waals surface area contributed by atoms with Crippen LogP contribution in [-0.2, 0) is 9.53 Å². The van der Waals surface area contributed by atoms with Gasteiger partial charge in [0.1, 0.15) is 6.10 Å². The van der Waals surface area contributed by atoms with Crippen LogP contribution in [0, 0.1) is 0 Å². The Labute approximate surface area is 92.5 Å². The Balaban J connectivity index is 2.31. The fourth-order valence-corrected chi connectivity index (χ4v) is 1.67. The molecule has 2 atom stereocenters. The Morgan fingerprint density at radius 2 is 2.12 bits per heavy atom. The molecule has 0 amide bonds. The van der Waals surface area contributed by atoms with Crippen molar-refractivity contribution < 1.29 is 24.1 Å². The van der Waals surface area contributed by atoms with Gasteiger partial charge in [0.25, 0.3) is 0 Å². The second-order valence-corrected chi connectivity index (χ2v) is 3.40. The zero-order valence-electron chi connectivity index (χ0n) is 8.97. The van der Waals surface area contributed by atoms with Crippen LogP contribution in [0.25, 0.3) is 0 Å². The molecule has 1 N–H and O–H groups in total. The number of ether oxygens (including phenoxy) is 3. The number of epoxide rings is 1. The average Bonchev–Trinajstić information content (AvgIpc) is 3.07. The topological polar surface area (TPSA) is 68.3 Å². The molecular formula is C11H12O5. The van der Waals surface area contributed by atoms with E-state index in [1.807, 2.05) is 0 Å². The van der Waals surface area contributed by atoms with Gasteiger partial charge in [-0.2, -0.15) is 0 Å². The Hall–Kier alpha value is -1.75. The maximum Gasteiger partial charge on any atom is 0.335 e. The van der Waals surface area contributed by atoms with Crippen LogP contribution in [0.2, 0.25) is 0 Å². The summed E-state index contributed by atoms with van der Waals surface area (Å²) in [5.74, 6) is 0.133. The summed E-state index contributed by atoms with van der Waals surface area (Å²) in [4.78, 5) is 10.7.